The maximum absolute atomic E-state index is 12.0. The Hall–Kier alpha value is -2.18. The zero-order valence-corrected chi connectivity index (χ0v) is 32.7. The summed E-state index contributed by atoms with van der Waals surface area (Å²) in [7, 11) is 0. The Morgan fingerprint density at radius 2 is 1.10 bits per heavy atom. The van der Waals surface area contributed by atoms with Crippen molar-refractivity contribution in [3.63, 3.8) is 0 Å². The maximum atomic E-state index is 12.0. The molecule has 2 N–H and O–H groups in total. The van der Waals surface area contributed by atoms with Crippen LogP contribution in [0.15, 0.2) is 48.6 Å². The Kier molecular flexibility index (Phi) is 36.4. The van der Waals surface area contributed by atoms with Gasteiger partial charge in [-0.25, -0.2) is 0 Å². The number of carbonyl (C=O) groups excluding carboxylic acids is 2. The van der Waals surface area contributed by atoms with Gasteiger partial charge >= 0.3 is 11.9 Å². The topological polar surface area (TPSA) is 93.1 Å². The highest BCUT2D eigenvalue weighted by molar-refractivity contribution is 5.69. The second-order valence-electron chi connectivity index (χ2n) is 14.2. The fraction of sp³-hybridized carbons (Fsp3) is 0.773. The highest BCUT2D eigenvalue weighted by Crippen LogP contribution is 2.16. The maximum Gasteiger partial charge on any atom is 0.305 e. The number of ether oxygens (including phenoxy) is 2. The largest absolute Gasteiger partial charge is 0.463 e. The third-order valence-electron chi connectivity index (χ3n) is 9.19. The highest BCUT2D eigenvalue weighted by Gasteiger charge is 2.12. The van der Waals surface area contributed by atoms with Gasteiger partial charge in [0.15, 0.2) is 0 Å². The first kappa shape index (κ1) is 47.8. The minimum atomic E-state index is -1.01. The van der Waals surface area contributed by atoms with E-state index >= 15 is 0 Å². The van der Waals surface area contributed by atoms with Gasteiger partial charge in [0.2, 0.25) is 0 Å². The van der Waals surface area contributed by atoms with E-state index in [0.717, 1.165) is 38.0 Å². The molecule has 0 aliphatic rings. The monoisotopic (exact) mass is 703 g/mol. The molecular weight excluding hydrogens is 624 g/mol. The van der Waals surface area contributed by atoms with Crippen molar-refractivity contribution < 1.29 is 29.3 Å². The Labute approximate surface area is 308 Å². The Bertz CT molecular complexity index is 876. The number of aliphatic hydroxyl groups is 2. The Morgan fingerprint density at radius 3 is 1.68 bits per heavy atom. The van der Waals surface area contributed by atoms with Gasteiger partial charge in [0.05, 0.1) is 6.10 Å². The molecule has 0 aliphatic carbocycles. The van der Waals surface area contributed by atoms with E-state index < -0.39 is 12.2 Å². The summed E-state index contributed by atoms with van der Waals surface area (Å²) in [5, 5.41) is 20.0. The van der Waals surface area contributed by atoms with Gasteiger partial charge in [0.1, 0.15) is 19.3 Å². The smallest absolute Gasteiger partial charge is 0.305 e. The molecule has 0 fully saturated rings. The number of aliphatic hydroxyl groups excluding tert-OH is 2. The third-order valence-corrected chi connectivity index (χ3v) is 9.19. The SMILES string of the molecule is CCCCC/C=C\C/C=C\CC(O)/C=C\C=C\CCCC(=O)OC[C@@H](O)COC(=O)CCCCCCCCCCCCCCCCC(C)CC. The molecule has 2 unspecified atom stereocenters. The van der Waals surface area contributed by atoms with E-state index in [0.29, 0.717) is 25.7 Å². The number of carbonyl (C=O) groups is 2. The molecule has 0 radical (unpaired) electrons. The van der Waals surface area contributed by atoms with Crippen LogP contribution < -0.4 is 0 Å². The van der Waals surface area contributed by atoms with Gasteiger partial charge in [-0.1, -0.05) is 179 Å². The molecule has 0 spiro atoms. The minimum absolute atomic E-state index is 0.156. The normalized spacial score (nSPS) is 13.9. The van der Waals surface area contributed by atoms with Crippen molar-refractivity contribution in [2.45, 2.75) is 200 Å². The molecule has 6 heteroatoms. The lowest BCUT2D eigenvalue weighted by Gasteiger charge is -2.12. The first-order valence-corrected chi connectivity index (χ1v) is 20.7. The minimum Gasteiger partial charge on any atom is -0.463 e. The second-order valence-corrected chi connectivity index (χ2v) is 14.2. The van der Waals surface area contributed by atoms with E-state index in [2.05, 4.69) is 39.0 Å². The van der Waals surface area contributed by atoms with Crippen molar-refractivity contribution in [1.82, 2.24) is 0 Å². The Balaban J connectivity index is 3.59. The van der Waals surface area contributed by atoms with Gasteiger partial charge in [-0.15, -0.1) is 0 Å². The van der Waals surface area contributed by atoms with E-state index in [4.69, 9.17) is 9.47 Å². The number of hydrogen-bond donors (Lipinski definition) is 2. The average Bonchev–Trinajstić information content (AvgIpc) is 3.11. The molecule has 0 aromatic rings. The van der Waals surface area contributed by atoms with E-state index in [1.165, 1.54) is 103 Å². The molecule has 0 saturated heterocycles. The van der Waals surface area contributed by atoms with Crippen molar-refractivity contribution in [3.8, 4) is 0 Å². The fourth-order valence-electron chi connectivity index (χ4n) is 5.61. The fourth-order valence-corrected chi connectivity index (χ4v) is 5.61. The molecule has 0 aliphatic heterocycles. The first-order chi connectivity index (χ1) is 24.4. The molecule has 50 heavy (non-hydrogen) atoms. The van der Waals surface area contributed by atoms with Crippen molar-refractivity contribution in [2.24, 2.45) is 5.92 Å². The summed E-state index contributed by atoms with van der Waals surface area (Å²) >= 11 is 0. The molecule has 0 heterocycles. The van der Waals surface area contributed by atoms with Crippen LogP contribution in [0.3, 0.4) is 0 Å². The first-order valence-electron chi connectivity index (χ1n) is 20.7. The predicted molar refractivity (Wildman–Crippen MR) is 211 cm³/mol. The molecule has 290 valence electrons. The summed E-state index contributed by atoms with van der Waals surface area (Å²) in [5.41, 5.74) is 0. The van der Waals surface area contributed by atoms with Gasteiger partial charge < -0.3 is 19.7 Å². The van der Waals surface area contributed by atoms with E-state index in [1.807, 2.05) is 24.3 Å². The molecule has 6 nitrogen and oxygen atoms in total. The molecule has 0 aromatic carbocycles. The molecule has 0 aromatic heterocycles. The second kappa shape index (κ2) is 38.1. The van der Waals surface area contributed by atoms with Crippen LogP contribution >= 0.6 is 0 Å². The molecular formula is C44H78O6. The summed E-state index contributed by atoms with van der Waals surface area (Å²) in [5.74, 6) is 0.207. The number of unbranched alkanes of at least 4 members (excludes halogenated alkanes) is 17. The van der Waals surface area contributed by atoms with Crippen molar-refractivity contribution in [3.05, 3.63) is 48.6 Å². The van der Waals surface area contributed by atoms with Gasteiger partial charge in [0.25, 0.3) is 0 Å². The molecule has 0 bridgehead atoms. The van der Waals surface area contributed by atoms with Crippen LogP contribution in [0.2, 0.25) is 0 Å². The van der Waals surface area contributed by atoms with Gasteiger partial charge in [-0.05, 0) is 50.9 Å². The van der Waals surface area contributed by atoms with Crippen LogP contribution in [-0.4, -0.2) is 47.6 Å². The lowest BCUT2D eigenvalue weighted by Crippen LogP contribution is -2.25. The van der Waals surface area contributed by atoms with Crippen LogP contribution in [0.5, 0.6) is 0 Å². The third kappa shape index (κ3) is 37.1. The summed E-state index contributed by atoms with van der Waals surface area (Å²) in [6, 6.07) is 0. The van der Waals surface area contributed by atoms with Crippen LogP contribution in [0, 0.1) is 5.92 Å². The average molecular weight is 703 g/mol. The standard InChI is InChI=1S/C44H78O6/c1-4-6-7-8-9-16-20-24-29-34-41(45)35-30-25-22-27-32-37-44(48)50-39-42(46)38-49-43(47)36-31-26-21-18-15-13-11-10-12-14-17-19-23-28-33-40(3)5-2/h9,16,22,24-25,29-30,35,40-42,45-46H,4-8,10-15,17-21,23,26-28,31-34,36-39H2,1-3H3/b16-9-,25-22+,29-24-,35-30-/t40?,41?,42-/m0/s1. The summed E-state index contributed by atoms with van der Waals surface area (Å²) in [6.07, 6.45) is 43.3. The van der Waals surface area contributed by atoms with Crippen LogP contribution in [0.1, 0.15) is 188 Å². The van der Waals surface area contributed by atoms with E-state index in [9.17, 15) is 19.8 Å². The van der Waals surface area contributed by atoms with Crippen molar-refractivity contribution >= 4 is 11.9 Å². The summed E-state index contributed by atoms with van der Waals surface area (Å²) in [4.78, 5) is 23.9. The summed E-state index contributed by atoms with van der Waals surface area (Å²) < 4.78 is 10.3. The van der Waals surface area contributed by atoms with Crippen molar-refractivity contribution in [2.75, 3.05) is 13.2 Å². The van der Waals surface area contributed by atoms with Gasteiger partial charge in [-0.3, -0.25) is 9.59 Å². The van der Waals surface area contributed by atoms with Crippen molar-refractivity contribution in [1.29, 1.82) is 0 Å². The zero-order valence-electron chi connectivity index (χ0n) is 32.7. The van der Waals surface area contributed by atoms with E-state index in [1.54, 1.807) is 6.08 Å². The lowest BCUT2D eigenvalue weighted by atomic mass is 9.99. The molecule has 3 atom stereocenters. The van der Waals surface area contributed by atoms with Gasteiger partial charge in [0, 0.05) is 12.8 Å². The molecule has 0 rings (SSSR count). The van der Waals surface area contributed by atoms with Crippen LogP contribution in [-0.2, 0) is 19.1 Å². The van der Waals surface area contributed by atoms with Crippen LogP contribution in [0.25, 0.3) is 0 Å². The lowest BCUT2D eigenvalue weighted by molar-refractivity contribution is -0.152. The highest BCUT2D eigenvalue weighted by atomic mass is 16.6. The number of esters is 2. The number of allylic oxidation sites excluding steroid dienone is 6. The van der Waals surface area contributed by atoms with Gasteiger partial charge in [-0.2, -0.15) is 0 Å². The molecule has 0 amide bonds. The number of rotatable bonds is 36. The number of hydrogen-bond acceptors (Lipinski definition) is 6. The van der Waals surface area contributed by atoms with E-state index in [-0.39, 0.29) is 31.6 Å². The predicted octanol–water partition coefficient (Wildman–Crippen LogP) is 11.8. The zero-order chi connectivity index (χ0) is 36.8. The Morgan fingerprint density at radius 1 is 0.580 bits per heavy atom. The molecule has 0 saturated carbocycles. The quantitative estimate of drug-likeness (QED) is 0.0292. The van der Waals surface area contributed by atoms with Crippen LogP contribution in [0.4, 0.5) is 0 Å². The summed E-state index contributed by atoms with van der Waals surface area (Å²) in [6.45, 7) is 6.53.